The average Bonchev–Trinajstić information content (AvgIpc) is 3.13. The Morgan fingerprint density at radius 1 is 1.08 bits per heavy atom. The Balaban J connectivity index is 1.44. The summed E-state index contributed by atoms with van der Waals surface area (Å²) in [5.41, 5.74) is 3.41. The molecule has 5 nitrogen and oxygen atoms in total. The number of nitrogens with one attached hydrogen (secondary N) is 1. The minimum Gasteiger partial charge on any atom is -0.486 e. The van der Waals surface area contributed by atoms with Crippen LogP contribution in [0.25, 0.3) is 0 Å². The molecule has 2 aromatic carbocycles. The molecule has 5 heteroatoms. The molecular formula is C21H23NO4. The minimum absolute atomic E-state index is 0.162. The molecule has 0 saturated heterocycles. The maximum atomic E-state index is 12.6. The van der Waals surface area contributed by atoms with E-state index in [9.17, 15) is 4.79 Å². The third-order valence-electron chi connectivity index (χ3n) is 4.82. The molecule has 136 valence electrons. The number of anilines is 1. The molecule has 1 amide bonds. The maximum absolute atomic E-state index is 12.6. The molecule has 0 aromatic heterocycles. The first kappa shape index (κ1) is 16.8. The van der Waals surface area contributed by atoms with Crippen molar-refractivity contribution in [3.63, 3.8) is 0 Å². The highest BCUT2D eigenvalue weighted by Gasteiger charge is 2.21. The van der Waals surface area contributed by atoms with Crippen molar-refractivity contribution in [2.45, 2.75) is 38.7 Å². The van der Waals surface area contributed by atoms with Gasteiger partial charge in [-0.05, 0) is 61.1 Å². The lowest BCUT2D eigenvalue weighted by Gasteiger charge is -2.20. The number of fused-ring (bicyclic) bond motifs is 2. The van der Waals surface area contributed by atoms with Gasteiger partial charge < -0.3 is 19.5 Å². The number of amides is 1. The zero-order valence-electron chi connectivity index (χ0n) is 14.9. The second kappa shape index (κ2) is 7.28. The summed E-state index contributed by atoms with van der Waals surface area (Å²) >= 11 is 0. The third kappa shape index (κ3) is 3.47. The lowest BCUT2D eigenvalue weighted by atomic mass is 10.1. The second-order valence-electron chi connectivity index (χ2n) is 6.65. The number of hydrogen-bond acceptors (Lipinski definition) is 4. The number of carbonyl (C=O) groups excluding carboxylic acids is 1. The molecule has 1 aliphatic heterocycles. The number of rotatable bonds is 5. The van der Waals surface area contributed by atoms with Gasteiger partial charge in [-0.2, -0.15) is 0 Å². The van der Waals surface area contributed by atoms with Crippen LogP contribution < -0.4 is 19.5 Å². The number of aryl methyl sites for hydroxylation is 2. The molecule has 2 aromatic rings. The van der Waals surface area contributed by atoms with Gasteiger partial charge in [-0.25, -0.2) is 0 Å². The van der Waals surface area contributed by atoms with Crippen LogP contribution in [0.4, 0.5) is 5.69 Å². The van der Waals surface area contributed by atoms with Gasteiger partial charge in [-0.1, -0.05) is 13.0 Å². The van der Waals surface area contributed by atoms with Crippen LogP contribution >= 0.6 is 0 Å². The molecule has 0 bridgehead atoms. The highest BCUT2D eigenvalue weighted by molar-refractivity contribution is 5.94. The van der Waals surface area contributed by atoms with Gasteiger partial charge in [0, 0.05) is 11.8 Å². The van der Waals surface area contributed by atoms with Crippen molar-refractivity contribution in [3.05, 3.63) is 47.5 Å². The van der Waals surface area contributed by atoms with Gasteiger partial charge in [0.1, 0.15) is 19.0 Å². The van der Waals surface area contributed by atoms with E-state index in [-0.39, 0.29) is 5.91 Å². The SMILES string of the molecule is CCC(Oc1ccc2c(c1)CCC2)C(=O)Nc1ccc2c(c1)OCCO2. The number of carbonyl (C=O) groups is 1. The van der Waals surface area contributed by atoms with Crippen LogP contribution in [0.5, 0.6) is 17.2 Å². The fourth-order valence-corrected chi connectivity index (χ4v) is 3.45. The summed E-state index contributed by atoms with van der Waals surface area (Å²) in [7, 11) is 0. The Labute approximate surface area is 153 Å². The van der Waals surface area contributed by atoms with Crippen molar-refractivity contribution in [3.8, 4) is 17.2 Å². The predicted molar refractivity (Wildman–Crippen MR) is 99.2 cm³/mol. The molecule has 1 N–H and O–H groups in total. The van der Waals surface area contributed by atoms with Crippen molar-refractivity contribution >= 4 is 11.6 Å². The Kier molecular flexibility index (Phi) is 4.69. The van der Waals surface area contributed by atoms with E-state index < -0.39 is 6.10 Å². The lowest BCUT2D eigenvalue weighted by molar-refractivity contribution is -0.122. The van der Waals surface area contributed by atoms with E-state index in [1.165, 1.54) is 17.5 Å². The molecule has 26 heavy (non-hydrogen) atoms. The maximum Gasteiger partial charge on any atom is 0.265 e. The van der Waals surface area contributed by atoms with E-state index in [2.05, 4.69) is 17.4 Å². The fraction of sp³-hybridized carbons (Fsp3) is 0.381. The van der Waals surface area contributed by atoms with Crippen LogP contribution in [0.3, 0.4) is 0 Å². The van der Waals surface area contributed by atoms with E-state index in [0.717, 1.165) is 18.6 Å². The first-order valence-corrected chi connectivity index (χ1v) is 9.22. The van der Waals surface area contributed by atoms with Crippen LogP contribution in [0, 0.1) is 0 Å². The summed E-state index contributed by atoms with van der Waals surface area (Å²) < 4.78 is 17.0. The zero-order valence-corrected chi connectivity index (χ0v) is 14.9. The van der Waals surface area contributed by atoms with Gasteiger partial charge in [-0.15, -0.1) is 0 Å². The standard InChI is InChI=1S/C21H23NO4/c1-2-18(26-17-8-6-14-4-3-5-15(14)12-17)21(23)22-16-7-9-19-20(13-16)25-11-10-24-19/h6-9,12-13,18H,2-5,10-11H2,1H3,(H,22,23). The molecule has 0 saturated carbocycles. The van der Waals surface area contributed by atoms with Crippen molar-refractivity contribution < 1.29 is 19.0 Å². The van der Waals surface area contributed by atoms with E-state index in [4.69, 9.17) is 14.2 Å². The van der Waals surface area contributed by atoms with E-state index in [1.54, 1.807) is 6.07 Å². The highest BCUT2D eigenvalue weighted by Crippen LogP contribution is 2.33. The molecule has 4 rings (SSSR count). The molecule has 1 heterocycles. The van der Waals surface area contributed by atoms with Gasteiger partial charge in [0.25, 0.3) is 5.91 Å². The normalized spacial score (nSPS) is 15.9. The first-order valence-electron chi connectivity index (χ1n) is 9.22. The smallest absolute Gasteiger partial charge is 0.265 e. The average molecular weight is 353 g/mol. The van der Waals surface area contributed by atoms with Crippen LogP contribution in [0.1, 0.15) is 30.9 Å². The fourth-order valence-electron chi connectivity index (χ4n) is 3.45. The summed E-state index contributed by atoms with van der Waals surface area (Å²) in [6.45, 7) is 3.01. The summed E-state index contributed by atoms with van der Waals surface area (Å²) in [5, 5.41) is 2.92. The molecule has 0 fully saturated rings. The quantitative estimate of drug-likeness (QED) is 0.890. The number of hydrogen-bond donors (Lipinski definition) is 1. The number of ether oxygens (including phenoxy) is 3. The summed E-state index contributed by atoms with van der Waals surface area (Å²) in [4.78, 5) is 12.6. The highest BCUT2D eigenvalue weighted by atomic mass is 16.6. The van der Waals surface area contributed by atoms with Gasteiger partial charge >= 0.3 is 0 Å². The van der Waals surface area contributed by atoms with Gasteiger partial charge in [0.15, 0.2) is 17.6 Å². The lowest BCUT2D eigenvalue weighted by Crippen LogP contribution is -2.32. The largest absolute Gasteiger partial charge is 0.486 e. The van der Waals surface area contributed by atoms with Crippen LogP contribution in [0.15, 0.2) is 36.4 Å². The topological polar surface area (TPSA) is 56.8 Å². The third-order valence-corrected chi connectivity index (χ3v) is 4.82. The van der Waals surface area contributed by atoms with Gasteiger partial charge in [-0.3, -0.25) is 4.79 Å². The Hall–Kier alpha value is -2.69. The second-order valence-corrected chi connectivity index (χ2v) is 6.65. The Morgan fingerprint density at radius 2 is 1.88 bits per heavy atom. The molecule has 1 aliphatic carbocycles. The molecule has 1 atom stereocenters. The van der Waals surface area contributed by atoms with Crippen LogP contribution in [0.2, 0.25) is 0 Å². The molecule has 0 radical (unpaired) electrons. The van der Waals surface area contributed by atoms with E-state index in [0.29, 0.717) is 36.8 Å². The molecular weight excluding hydrogens is 330 g/mol. The van der Waals surface area contributed by atoms with Crippen molar-refractivity contribution in [1.29, 1.82) is 0 Å². The Morgan fingerprint density at radius 3 is 2.73 bits per heavy atom. The summed E-state index contributed by atoms with van der Waals surface area (Å²) in [6, 6.07) is 11.6. The summed E-state index contributed by atoms with van der Waals surface area (Å²) in [6.07, 6.45) is 3.47. The Bertz CT molecular complexity index is 818. The van der Waals surface area contributed by atoms with E-state index >= 15 is 0 Å². The monoisotopic (exact) mass is 353 g/mol. The zero-order chi connectivity index (χ0) is 17.9. The minimum atomic E-state index is -0.539. The molecule has 1 unspecified atom stereocenters. The van der Waals surface area contributed by atoms with E-state index in [1.807, 2.05) is 25.1 Å². The molecule has 2 aliphatic rings. The van der Waals surface area contributed by atoms with Crippen molar-refractivity contribution in [1.82, 2.24) is 0 Å². The molecule has 0 spiro atoms. The van der Waals surface area contributed by atoms with Gasteiger partial charge in [0.2, 0.25) is 0 Å². The first-order chi connectivity index (χ1) is 12.7. The summed E-state index contributed by atoms with van der Waals surface area (Å²) in [5.74, 6) is 1.96. The number of benzene rings is 2. The van der Waals surface area contributed by atoms with Crippen molar-refractivity contribution in [2.24, 2.45) is 0 Å². The van der Waals surface area contributed by atoms with Crippen LogP contribution in [-0.4, -0.2) is 25.2 Å². The van der Waals surface area contributed by atoms with Gasteiger partial charge in [0.05, 0.1) is 0 Å². The predicted octanol–water partition coefficient (Wildman–Crippen LogP) is 3.74. The van der Waals surface area contributed by atoms with Crippen molar-refractivity contribution in [2.75, 3.05) is 18.5 Å². The van der Waals surface area contributed by atoms with Crippen LogP contribution in [-0.2, 0) is 17.6 Å².